The third kappa shape index (κ3) is 2.06. The van der Waals surface area contributed by atoms with Crippen LogP contribution in [0.2, 0.25) is 0 Å². The van der Waals surface area contributed by atoms with E-state index in [0.29, 0.717) is 6.42 Å². The van der Waals surface area contributed by atoms with Gasteiger partial charge in [-0.2, -0.15) is 0 Å². The van der Waals surface area contributed by atoms with Crippen LogP contribution in [0.1, 0.15) is 5.69 Å². The number of carbonyl (C=O) groups excluding carboxylic acids is 1. The van der Waals surface area contributed by atoms with Crippen molar-refractivity contribution in [3.8, 4) is 0 Å². The van der Waals surface area contributed by atoms with E-state index in [2.05, 4.69) is 4.98 Å². The zero-order chi connectivity index (χ0) is 9.14. The number of rotatable bonds is 3. The average Bonchev–Trinajstić information content (AvgIpc) is 2.35. The molecule has 1 aromatic heterocycles. The number of imidazole rings is 1. The lowest BCUT2D eigenvalue weighted by Crippen LogP contribution is -2.38. The van der Waals surface area contributed by atoms with Gasteiger partial charge in [-0.3, -0.25) is 4.79 Å². The molecule has 0 bridgehead atoms. The summed E-state index contributed by atoms with van der Waals surface area (Å²) in [7, 11) is 1.85. The quantitative estimate of drug-likeness (QED) is 0.592. The van der Waals surface area contributed by atoms with Crippen LogP contribution in [0, 0.1) is 0 Å². The maximum atomic E-state index is 10.6. The number of nitrogens with two attached hydrogens (primary N) is 2. The molecule has 0 fully saturated rings. The number of hydrogen-bond acceptors (Lipinski definition) is 3. The molecule has 0 spiro atoms. The van der Waals surface area contributed by atoms with Crippen LogP contribution in [0.5, 0.6) is 0 Å². The highest BCUT2D eigenvalue weighted by molar-refractivity contribution is 5.79. The Bertz CT molecular complexity index is 281. The van der Waals surface area contributed by atoms with E-state index in [9.17, 15) is 4.79 Å². The maximum Gasteiger partial charge on any atom is 0.234 e. The third-order valence-electron chi connectivity index (χ3n) is 1.55. The van der Waals surface area contributed by atoms with Gasteiger partial charge < -0.3 is 16.0 Å². The van der Waals surface area contributed by atoms with E-state index >= 15 is 0 Å². The fraction of sp³-hybridized carbons (Fsp3) is 0.429. The SMILES string of the molecule is Cn1cnc(C[C@H](N)C(N)=O)c1. The molecule has 0 saturated carbocycles. The Hall–Kier alpha value is -1.36. The largest absolute Gasteiger partial charge is 0.368 e. The van der Waals surface area contributed by atoms with Gasteiger partial charge in [-0.05, 0) is 0 Å². The summed E-state index contributed by atoms with van der Waals surface area (Å²) in [4.78, 5) is 14.6. The maximum absolute atomic E-state index is 10.6. The van der Waals surface area contributed by atoms with Crippen LogP contribution in [-0.2, 0) is 18.3 Å². The van der Waals surface area contributed by atoms with Gasteiger partial charge in [0.25, 0.3) is 0 Å². The van der Waals surface area contributed by atoms with E-state index in [1.165, 1.54) is 0 Å². The van der Waals surface area contributed by atoms with Crippen LogP contribution in [0.15, 0.2) is 12.5 Å². The summed E-state index contributed by atoms with van der Waals surface area (Å²) in [5.74, 6) is -0.499. The molecule has 5 heteroatoms. The highest BCUT2D eigenvalue weighted by atomic mass is 16.1. The molecule has 66 valence electrons. The van der Waals surface area contributed by atoms with Gasteiger partial charge in [0.05, 0.1) is 18.1 Å². The van der Waals surface area contributed by atoms with Gasteiger partial charge in [-0.1, -0.05) is 0 Å². The van der Waals surface area contributed by atoms with Crippen molar-refractivity contribution < 1.29 is 4.79 Å². The van der Waals surface area contributed by atoms with Crippen LogP contribution >= 0.6 is 0 Å². The average molecular weight is 168 g/mol. The first-order valence-electron chi connectivity index (χ1n) is 3.61. The molecule has 5 nitrogen and oxygen atoms in total. The molecule has 0 aliphatic heterocycles. The fourth-order valence-corrected chi connectivity index (χ4v) is 0.898. The Morgan fingerprint density at radius 3 is 2.92 bits per heavy atom. The zero-order valence-electron chi connectivity index (χ0n) is 6.90. The predicted molar refractivity (Wildman–Crippen MR) is 44.1 cm³/mol. The molecule has 1 amide bonds. The van der Waals surface area contributed by atoms with Gasteiger partial charge in [0, 0.05) is 19.7 Å². The van der Waals surface area contributed by atoms with E-state index in [-0.39, 0.29) is 0 Å². The summed E-state index contributed by atoms with van der Waals surface area (Å²) in [5, 5.41) is 0. The second-order valence-electron chi connectivity index (χ2n) is 2.74. The molecule has 0 unspecified atom stereocenters. The number of carbonyl (C=O) groups is 1. The van der Waals surface area contributed by atoms with Crippen molar-refractivity contribution in [2.24, 2.45) is 18.5 Å². The van der Waals surface area contributed by atoms with Gasteiger partial charge in [0.1, 0.15) is 0 Å². The summed E-state index contributed by atoms with van der Waals surface area (Å²) in [6, 6.07) is -0.639. The number of amides is 1. The van der Waals surface area contributed by atoms with E-state index in [0.717, 1.165) is 5.69 Å². The molecular formula is C7H12N4O. The van der Waals surface area contributed by atoms with Crippen molar-refractivity contribution in [1.82, 2.24) is 9.55 Å². The molecule has 4 N–H and O–H groups in total. The standard InChI is InChI=1S/C7H12N4O/c1-11-3-5(10-4-11)2-6(8)7(9)12/h3-4,6H,2,8H2,1H3,(H2,9,12)/t6-/m0/s1. The number of aryl methyl sites for hydroxylation is 1. The summed E-state index contributed by atoms with van der Waals surface area (Å²) in [6.07, 6.45) is 3.86. The Morgan fingerprint density at radius 1 is 1.83 bits per heavy atom. The van der Waals surface area contributed by atoms with Gasteiger partial charge >= 0.3 is 0 Å². The molecular weight excluding hydrogens is 156 g/mol. The van der Waals surface area contributed by atoms with Crippen LogP contribution in [-0.4, -0.2) is 21.5 Å². The van der Waals surface area contributed by atoms with Crippen LogP contribution in [0.25, 0.3) is 0 Å². The first kappa shape index (κ1) is 8.73. The highest BCUT2D eigenvalue weighted by Gasteiger charge is 2.10. The Labute approximate surface area is 70.4 Å². The molecule has 1 heterocycles. The monoisotopic (exact) mass is 168 g/mol. The first-order chi connectivity index (χ1) is 5.59. The Balaban J connectivity index is 2.58. The van der Waals surface area contributed by atoms with Crippen molar-refractivity contribution in [1.29, 1.82) is 0 Å². The summed E-state index contributed by atoms with van der Waals surface area (Å²) in [5.41, 5.74) is 11.2. The molecule has 0 aliphatic rings. The van der Waals surface area contributed by atoms with Crippen LogP contribution < -0.4 is 11.5 Å². The molecule has 1 atom stereocenters. The number of primary amides is 1. The molecule has 1 aromatic rings. The second-order valence-corrected chi connectivity index (χ2v) is 2.74. The Morgan fingerprint density at radius 2 is 2.50 bits per heavy atom. The molecule has 1 rings (SSSR count). The lowest BCUT2D eigenvalue weighted by atomic mass is 10.2. The Kier molecular flexibility index (Phi) is 2.44. The number of hydrogen-bond donors (Lipinski definition) is 2. The van der Waals surface area contributed by atoms with Crippen molar-refractivity contribution >= 4 is 5.91 Å². The second kappa shape index (κ2) is 3.36. The van der Waals surface area contributed by atoms with Gasteiger partial charge in [-0.25, -0.2) is 4.98 Å². The van der Waals surface area contributed by atoms with Crippen molar-refractivity contribution in [2.75, 3.05) is 0 Å². The summed E-state index contributed by atoms with van der Waals surface area (Å²) in [6.45, 7) is 0. The van der Waals surface area contributed by atoms with Crippen LogP contribution in [0.4, 0.5) is 0 Å². The molecule has 0 radical (unpaired) electrons. The molecule has 0 saturated heterocycles. The first-order valence-corrected chi connectivity index (χ1v) is 3.61. The number of aromatic nitrogens is 2. The topological polar surface area (TPSA) is 86.9 Å². The minimum absolute atomic E-state index is 0.399. The number of nitrogens with zero attached hydrogens (tertiary/aromatic N) is 2. The smallest absolute Gasteiger partial charge is 0.234 e. The summed E-state index contributed by atoms with van der Waals surface area (Å²) >= 11 is 0. The minimum atomic E-state index is -0.639. The van der Waals surface area contributed by atoms with Crippen LogP contribution in [0.3, 0.4) is 0 Å². The van der Waals surface area contributed by atoms with Crippen molar-refractivity contribution in [3.05, 3.63) is 18.2 Å². The van der Waals surface area contributed by atoms with E-state index in [4.69, 9.17) is 11.5 Å². The lowest BCUT2D eigenvalue weighted by molar-refractivity contribution is -0.119. The third-order valence-corrected chi connectivity index (χ3v) is 1.55. The highest BCUT2D eigenvalue weighted by Crippen LogP contribution is 1.97. The lowest BCUT2D eigenvalue weighted by Gasteiger charge is -2.02. The molecule has 0 aliphatic carbocycles. The predicted octanol–water partition coefficient (Wildman–Crippen LogP) is -1.22. The zero-order valence-corrected chi connectivity index (χ0v) is 6.90. The van der Waals surface area contributed by atoms with Gasteiger partial charge in [0.15, 0.2) is 0 Å². The van der Waals surface area contributed by atoms with E-state index < -0.39 is 11.9 Å². The normalized spacial score (nSPS) is 12.8. The fourth-order valence-electron chi connectivity index (χ4n) is 0.898. The summed E-state index contributed by atoms with van der Waals surface area (Å²) < 4.78 is 1.79. The van der Waals surface area contributed by atoms with Gasteiger partial charge in [0.2, 0.25) is 5.91 Å². The van der Waals surface area contributed by atoms with E-state index in [1.807, 2.05) is 13.2 Å². The molecule has 12 heavy (non-hydrogen) atoms. The van der Waals surface area contributed by atoms with Crippen molar-refractivity contribution in [3.63, 3.8) is 0 Å². The minimum Gasteiger partial charge on any atom is -0.368 e. The van der Waals surface area contributed by atoms with Crippen molar-refractivity contribution in [2.45, 2.75) is 12.5 Å². The molecule has 0 aromatic carbocycles. The van der Waals surface area contributed by atoms with Gasteiger partial charge in [-0.15, -0.1) is 0 Å². The van der Waals surface area contributed by atoms with E-state index in [1.54, 1.807) is 10.9 Å².